The number of nitrogens with zero attached hydrogens (tertiary/aromatic N) is 1. The van der Waals surface area contributed by atoms with Crippen molar-refractivity contribution in [2.24, 2.45) is 11.8 Å². The fraction of sp³-hybridized carbons (Fsp3) is 0.682. The molecule has 3 nitrogen and oxygen atoms in total. The quantitative estimate of drug-likeness (QED) is 0.693. The molecule has 1 aromatic rings. The van der Waals surface area contributed by atoms with Crippen molar-refractivity contribution in [3.63, 3.8) is 0 Å². The fourth-order valence-corrected chi connectivity index (χ4v) is 3.52. The SMILES string of the molecule is CCCC[C@@H](CC)CNC(=O)c1ccc(CN2CCC(C)CC2)cc1. The van der Waals surface area contributed by atoms with Crippen LogP contribution in [0.1, 0.15) is 75.2 Å². The second-order valence-electron chi connectivity index (χ2n) is 7.78. The number of amides is 1. The van der Waals surface area contributed by atoms with Gasteiger partial charge < -0.3 is 5.32 Å². The number of carbonyl (C=O) groups is 1. The molecule has 1 saturated heterocycles. The molecule has 1 aliphatic rings. The molecule has 2 rings (SSSR count). The third-order valence-corrected chi connectivity index (χ3v) is 5.59. The minimum atomic E-state index is 0.0632. The molecule has 0 radical (unpaired) electrons. The molecule has 0 spiro atoms. The molecule has 0 aliphatic carbocycles. The first kappa shape index (κ1) is 20.0. The summed E-state index contributed by atoms with van der Waals surface area (Å²) in [6.07, 6.45) is 7.42. The molecule has 1 heterocycles. The first-order valence-corrected chi connectivity index (χ1v) is 10.2. The van der Waals surface area contributed by atoms with Gasteiger partial charge in [0.1, 0.15) is 0 Å². The summed E-state index contributed by atoms with van der Waals surface area (Å²) in [4.78, 5) is 14.9. The van der Waals surface area contributed by atoms with E-state index in [1.165, 1.54) is 50.8 Å². The lowest BCUT2D eigenvalue weighted by Crippen LogP contribution is -2.32. The van der Waals surface area contributed by atoms with Crippen molar-refractivity contribution >= 4 is 5.91 Å². The number of piperidine rings is 1. The van der Waals surface area contributed by atoms with Gasteiger partial charge in [-0.05, 0) is 61.9 Å². The highest BCUT2D eigenvalue weighted by Crippen LogP contribution is 2.18. The van der Waals surface area contributed by atoms with Crippen LogP contribution >= 0.6 is 0 Å². The van der Waals surface area contributed by atoms with Crippen LogP contribution in [0.25, 0.3) is 0 Å². The molecule has 140 valence electrons. The number of nitrogens with one attached hydrogen (secondary N) is 1. The summed E-state index contributed by atoms with van der Waals surface area (Å²) in [5.74, 6) is 1.53. The predicted molar refractivity (Wildman–Crippen MR) is 106 cm³/mol. The lowest BCUT2D eigenvalue weighted by atomic mass is 9.98. The number of hydrogen-bond acceptors (Lipinski definition) is 2. The van der Waals surface area contributed by atoms with E-state index >= 15 is 0 Å². The highest BCUT2D eigenvalue weighted by Gasteiger charge is 2.16. The van der Waals surface area contributed by atoms with E-state index in [1.54, 1.807) is 0 Å². The van der Waals surface area contributed by atoms with Crippen LogP contribution in [0.2, 0.25) is 0 Å². The Morgan fingerprint density at radius 2 is 1.88 bits per heavy atom. The smallest absolute Gasteiger partial charge is 0.251 e. The summed E-state index contributed by atoms with van der Waals surface area (Å²) in [5, 5.41) is 3.12. The van der Waals surface area contributed by atoms with Crippen LogP contribution in [-0.4, -0.2) is 30.4 Å². The molecule has 1 amide bonds. The monoisotopic (exact) mass is 344 g/mol. The highest BCUT2D eigenvalue weighted by molar-refractivity contribution is 5.94. The Bertz CT molecular complexity index is 503. The predicted octanol–water partition coefficient (Wildman–Crippen LogP) is 4.86. The van der Waals surface area contributed by atoms with Gasteiger partial charge in [0.2, 0.25) is 0 Å². The van der Waals surface area contributed by atoms with E-state index in [0.717, 1.165) is 31.0 Å². The van der Waals surface area contributed by atoms with Crippen molar-refractivity contribution in [3.05, 3.63) is 35.4 Å². The van der Waals surface area contributed by atoms with Crippen molar-refractivity contribution in [2.45, 2.75) is 65.8 Å². The van der Waals surface area contributed by atoms with E-state index in [1.807, 2.05) is 12.1 Å². The minimum absolute atomic E-state index is 0.0632. The van der Waals surface area contributed by atoms with Gasteiger partial charge in [0.15, 0.2) is 0 Å². The zero-order valence-corrected chi connectivity index (χ0v) is 16.4. The number of carbonyl (C=O) groups excluding carboxylic acids is 1. The summed E-state index contributed by atoms with van der Waals surface area (Å²) >= 11 is 0. The van der Waals surface area contributed by atoms with Gasteiger partial charge in [-0.1, -0.05) is 52.2 Å². The van der Waals surface area contributed by atoms with Crippen molar-refractivity contribution < 1.29 is 4.79 Å². The number of hydrogen-bond donors (Lipinski definition) is 1. The lowest BCUT2D eigenvalue weighted by molar-refractivity contribution is 0.0946. The average molecular weight is 345 g/mol. The summed E-state index contributed by atoms with van der Waals surface area (Å²) in [5.41, 5.74) is 2.09. The third kappa shape index (κ3) is 6.81. The van der Waals surface area contributed by atoms with Gasteiger partial charge in [-0.3, -0.25) is 9.69 Å². The highest BCUT2D eigenvalue weighted by atomic mass is 16.1. The largest absolute Gasteiger partial charge is 0.352 e. The van der Waals surface area contributed by atoms with Gasteiger partial charge in [0.05, 0.1) is 0 Å². The van der Waals surface area contributed by atoms with Crippen LogP contribution in [0.3, 0.4) is 0 Å². The molecule has 0 unspecified atom stereocenters. The van der Waals surface area contributed by atoms with Crippen LogP contribution in [0.15, 0.2) is 24.3 Å². The van der Waals surface area contributed by atoms with Crippen LogP contribution in [0.5, 0.6) is 0 Å². The molecule has 0 aromatic heterocycles. The topological polar surface area (TPSA) is 32.3 Å². The van der Waals surface area contributed by atoms with E-state index in [9.17, 15) is 4.79 Å². The summed E-state index contributed by atoms with van der Waals surface area (Å²) in [6, 6.07) is 8.18. The molecular formula is C22H36N2O. The number of unbranched alkanes of at least 4 members (excludes halogenated alkanes) is 1. The first-order valence-electron chi connectivity index (χ1n) is 10.2. The molecular weight excluding hydrogens is 308 g/mol. The molecule has 1 aromatic carbocycles. The molecule has 1 atom stereocenters. The van der Waals surface area contributed by atoms with E-state index in [4.69, 9.17) is 0 Å². The average Bonchev–Trinajstić information content (AvgIpc) is 2.64. The summed E-state index contributed by atoms with van der Waals surface area (Å²) in [6.45, 7) is 11.0. The van der Waals surface area contributed by atoms with E-state index < -0.39 is 0 Å². The Balaban J connectivity index is 1.79. The van der Waals surface area contributed by atoms with Gasteiger partial charge in [0, 0.05) is 18.7 Å². The minimum Gasteiger partial charge on any atom is -0.352 e. The van der Waals surface area contributed by atoms with E-state index in [0.29, 0.717) is 5.92 Å². The van der Waals surface area contributed by atoms with Gasteiger partial charge in [-0.15, -0.1) is 0 Å². The van der Waals surface area contributed by atoms with Crippen molar-refractivity contribution in [1.29, 1.82) is 0 Å². The van der Waals surface area contributed by atoms with Crippen LogP contribution in [-0.2, 0) is 6.54 Å². The lowest BCUT2D eigenvalue weighted by Gasteiger charge is -2.30. The van der Waals surface area contributed by atoms with Crippen LogP contribution in [0, 0.1) is 11.8 Å². The second kappa shape index (κ2) is 10.6. The van der Waals surface area contributed by atoms with Gasteiger partial charge in [0.25, 0.3) is 5.91 Å². The van der Waals surface area contributed by atoms with Gasteiger partial charge in [-0.25, -0.2) is 0 Å². The number of rotatable bonds is 9. The second-order valence-corrected chi connectivity index (χ2v) is 7.78. The van der Waals surface area contributed by atoms with Gasteiger partial charge in [-0.2, -0.15) is 0 Å². The van der Waals surface area contributed by atoms with Crippen LogP contribution in [0.4, 0.5) is 0 Å². The van der Waals surface area contributed by atoms with Gasteiger partial charge >= 0.3 is 0 Å². The zero-order chi connectivity index (χ0) is 18.1. The van der Waals surface area contributed by atoms with Crippen molar-refractivity contribution in [3.8, 4) is 0 Å². The van der Waals surface area contributed by atoms with E-state index in [-0.39, 0.29) is 5.91 Å². The molecule has 25 heavy (non-hydrogen) atoms. The van der Waals surface area contributed by atoms with E-state index in [2.05, 4.69) is 43.1 Å². The number of likely N-dealkylation sites (tertiary alicyclic amines) is 1. The zero-order valence-electron chi connectivity index (χ0n) is 16.4. The Labute approximate surface area is 154 Å². The Hall–Kier alpha value is -1.35. The van der Waals surface area contributed by atoms with Crippen LogP contribution < -0.4 is 5.32 Å². The third-order valence-electron chi connectivity index (χ3n) is 5.59. The van der Waals surface area contributed by atoms with Crippen molar-refractivity contribution in [1.82, 2.24) is 10.2 Å². The van der Waals surface area contributed by atoms with Crippen molar-refractivity contribution in [2.75, 3.05) is 19.6 Å². The molecule has 1 aliphatic heterocycles. The Kier molecular flexibility index (Phi) is 8.47. The maximum Gasteiger partial charge on any atom is 0.251 e. The first-order chi connectivity index (χ1) is 12.1. The normalized spacial score (nSPS) is 17.4. The maximum absolute atomic E-state index is 12.4. The molecule has 1 fully saturated rings. The standard InChI is InChI=1S/C22H36N2O/c1-4-6-7-19(5-2)16-23-22(25)21-10-8-20(9-11-21)17-24-14-12-18(3)13-15-24/h8-11,18-19H,4-7,12-17H2,1-3H3,(H,23,25)/t19-/m1/s1. The molecule has 3 heteroatoms. The summed E-state index contributed by atoms with van der Waals surface area (Å²) < 4.78 is 0. The summed E-state index contributed by atoms with van der Waals surface area (Å²) in [7, 11) is 0. The molecule has 1 N–H and O–H groups in total. The fourth-order valence-electron chi connectivity index (χ4n) is 3.52. The maximum atomic E-state index is 12.4. The Morgan fingerprint density at radius 1 is 1.20 bits per heavy atom. The Morgan fingerprint density at radius 3 is 2.48 bits per heavy atom. The molecule has 0 saturated carbocycles. The molecule has 0 bridgehead atoms. The number of benzene rings is 1.